The Labute approximate surface area is 160 Å². The molecule has 0 saturated carbocycles. The Bertz CT molecular complexity index is 832. The molecule has 6 nitrogen and oxygen atoms in total. The molecule has 0 aliphatic rings. The van der Waals surface area contributed by atoms with Crippen LogP contribution in [0.3, 0.4) is 0 Å². The van der Waals surface area contributed by atoms with Crippen molar-refractivity contribution in [2.45, 2.75) is 6.54 Å². The van der Waals surface area contributed by atoms with E-state index in [4.69, 9.17) is 10.5 Å². The summed E-state index contributed by atoms with van der Waals surface area (Å²) in [5.74, 6) is 0.915. The van der Waals surface area contributed by atoms with Crippen LogP contribution in [0, 0.1) is 0 Å². The van der Waals surface area contributed by atoms with Crippen molar-refractivity contribution in [1.82, 2.24) is 4.98 Å². The van der Waals surface area contributed by atoms with Gasteiger partial charge in [-0.1, -0.05) is 34.6 Å². The van der Waals surface area contributed by atoms with Crippen molar-refractivity contribution in [2.75, 3.05) is 12.0 Å². The molecule has 0 bridgehead atoms. The second kappa shape index (κ2) is 9.53. The minimum Gasteiger partial charge on any atom is -0.465 e. The molecule has 2 aromatic rings. The number of benzene rings is 1. The molecule has 0 spiro atoms. The highest BCUT2D eigenvalue weighted by Crippen LogP contribution is 2.20. The van der Waals surface area contributed by atoms with E-state index < -0.39 is 0 Å². The Morgan fingerprint density at radius 3 is 2.69 bits per heavy atom. The molecule has 134 valence electrons. The monoisotopic (exact) mass is 414 g/mol. The first-order chi connectivity index (χ1) is 12.6. The lowest BCUT2D eigenvalue weighted by Crippen LogP contribution is -2.29. The van der Waals surface area contributed by atoms with Gasteiger partial charge in [0.1, 0.15) is 11.7 Å². The lowest BCUT2D eigenvalue weighted by molar-refractivity contribution is 0.0600. The second-order valence-electron chi connectivity index (χ2n) is 5.14. The molecule has 0 saturated heterocycles. The van der Waals surface area contributed by atoms with Gasteiger partial charge < -0.3 is 15.4 Å². The lowest BCUT2D eigenvalue weighted by Gasteiger charge is -2.23. The second-order valence-corrected chi connectivity index (χ2v) is 6.06. The van der Waals surface area contributed by atoms with Crippen LogP contribution in [0.1, 0.15) is 15.9 Å². The fourth-order valence-electron chi connectivity index (χ4n) is 2.22. The molecular formula is C19H19BrN4O2. The Hall–Kier alpha value is -2.93. The van der Waals surface area contributed by atoms with Crippen molar-refractivity contribution in [2.24, 2.45) is 10.7 Å². The van der Waals surface area contributed by atoms with Gasteiger partial charge in [0, 0.05) is 23.1 Å². The number of amidine groups is 1. The number of aliphatic imine (C=N–C) groups is 1. The molecular weight excluding hydrogens is 396 g/mol. The largest absolute Gasteiger partial charge is 0.465 e. The van der Waals surface area contributed by atoms with Gasteiger partial charge in [-0.05, 0) is 35.9 Å². The summed E-state index contributed by atoms with van der Waals surface area (Å²) in [5.41, 5.74) is 6.85. The number of anilines is 1. The molecule has 0 radical (unpaired) electrons. The minimum atomic E-state index is -0.372. The average molecular weight is 415 g/mol. The van der Waals surface area contributed by atoms with Crippen LogP contribution in [0.15, 0.2) is 77.1 Å². The number of esters is 1. The zero-order valence-corrected chi connectivity index (χ0v) is 15.9. The summed E-state index contributed by atoms with van der Waals surface area (Å²) in [5, 5.41) is 0. The number of nitrogens with zero attached hydrogens (tertiary/aromatic N) is 3. The van der Waals surface area contributed by atoms with Crippen LogP contribution >= 0.6 is 15.9 Å². The summed E-state index contributed by atoms with van der Waals surface area (Å²) in [6.07, 6.45) is 6.17. The third-order valence-corrected chi connectivity index (χ3v) is 3.95. The van der Waals surface area contributed by atoms with E-state index in [9.17, 15) is 4.79 Å². The molecule has 1 aromatic heterocycles. The Morgan fingerprint density at radius 1 is 1.38 bits per heavy atom. The van der Waals surface area contributed by atoms with Gasteiger partial charge in [-0.15, -0.1) is 0 Å². The molecule has 0 unspecified atom stereocenters. The van der Waals surface area contributed by atoms with Crippen LogP contribution < -0.4 is 10.6 Å². The molecule has 7 heteroatoms. The maximum Gasteiger partial charge on any atom is 0.337 e. The summed E-state index contributed by atoms with van der Waals surface area (Å²) in [7, 11) is 1.36. The summed E-state index contributed by atoms with van der Waals surface area (Å²) in [6, 6.07) is 10.9. The van der Waals surface area contributed by atoms with Crippen molar-refractivity contribution in [1.29, 1.82) is 0 Å². The summed E-state index contributed by atoms with van der Waals surface area (Å²) >= 11 is 3.46. The molecule has 2 rings (SSSR count). The zero-order valence-electron chi connectivity index (χ0n) is 14.3. The molecule has 0 aliphatic carbocycles. The van der Waals surface area contributed by atoms with Gasteiger partial charge in [0.05, 0.1) is 19.2 Å². The average Bonchev–Trinajstić information content (AvgIpc) is 2.67. The summed E-state index contributed by atoms with van der Waals surface area (Å²) < 4.78 is 5.62. The Balaban J connectivity index is 2.37. The summed E-state index contributed by atoms with van der Waals surface area (Å²) in [4.78, 5) is 22.2. The third kappa shape index (κ3) is 5.03. The highest BCUT2D eigenvalue weighted by Gasteiger charge is 2.14. The van der Waals surface area contributed by atoms with Crippen LogP contribution in [0.5, 0.6) is 0 Å². The highest BCUT2D eigenvalue weighted by molar-refractivity contribution is 9.10. The predicted molar refractivity (Wildman–Crippen MR) is 107 cm³/mol. The molecule has 0 aliphatic heterocycles. The van der Waals surface area contributed by atoms with Crippen LogP contribution in [-0.2, 0) is 11.3 Å². The standard InChI is InChI=1S/C19H19BrN4O2/c1-3-17(23-11-9-21)24(18-12-16(20)8-10-22-18)13-14-4-6-15(7-5-14)19(25)26-2/h3-12H,1,13,21H2,2H3/b11-9-,23-17?. The third-order valence-electron chi connectivity index (χ3n) is 3.45. The molecule has 0 fully saturated rings. The number of hydrogen-bond acceptors (Lipinski definition) is 5. The van der Waals surface area contributed by atoms with Crippen molar-refractivity contribution in [3.05, 3.63) is 83.2 Å². The van der Waals surface area contributed by atoms with E-state index in [2.05, 4.69) is 32.5 Å². The van der Waals surface area contributed by atoms with Crippen molar-refractivity contribution >= 4 is 33.6 Å². The number of aromatic nitrogens is 1. The number of hydrogen-bond donors (Lipinski definition) is 1. The van der Waals surface area contributed by atoms with E-state index in [1.54, 1.807) is 24.4 Å². The lowest BCUT2D eigenvalue weighted by atomic mass is 10.1. The quantitative estimate of drug-likeness (QED) is 0.443. The normalized spacial score (nSPS) is 11.4. The van der Waals surface area contributed by atoms with Crippen LogP contribution in [0.25, 0.3) is 0 Å². The topological polar surface area (TPSA) is 80.8 Å². The van der Waals surface area contributed by atoms with E-state index in [0.717, 1.165) is 10.0 Å². The zero-order chi connectivity index (χ0) is 18.9. The first-order valence-corrected chi connectivity index (χ1v) is 8.51. The van der Waals surface area contributed by atoms with Gasteiger partial charge in [0.25, 0.3) is 0 Å². The number of pyridine rings is 1. The number of rotatable bonds is 6. The molecule has 1 aromatic carbocycles. The maximum absolute atomic E-state index is 11.6. The Morgan fingerprint density at radius 2 is 2.12 bits per heavy atom. The number of halogens is 1. The number of carbonyl (C=O) groups is 1. The van der Waals surface area contributed by atoms with Crippen LogP contribution in [0.2, 0.25) is 0 Å². The molecule has 2 N–H and O–H groups in total. The van der Waals surface area contributed by atoms with Gasteiger partial charge >= 0.3 is 5.97 Å². The van der Waals surface area contributed by atoms with E-state index >= 15 is 0 Å². The fourth-order valence-corrected chi connectivity index (χ4v) is 2.54. The number of methoxy groups -OCH3 is 1. The molecule has 26 heavy (non-hydrogen) atoms. The highest BCUT2D eigenvalue weighted by atomic mass is 79.9. The molecule has 1 heterocycles. The number of nitrogens with two attached hydrogens (primary N) is 1. The van der Waals surface area contributed by atoms with E-state index in [0.29, 0.717) is 23.8 Å². The van der Waals surface area contributed by atoms with Gasteiger partial charge in [0.2, 0.25) is 0 Å². The minimum absolute atomic E-state index is 0.372. The smallest absolute Gasteiger partial charge is 0.337 e. The fraction of sp³-hybridized carbons (Fsp3) is 0.105. The van der Waals surface area contributed by atoms with E-state index in [-0.39, 0.29) is 5.97 Å². The predicted octanol–water partition coefficient (Wildman–Crippen LogP) is 3.65. The van der Waals surface area contributed by atoms with Crippen LogP contribution in [0.4, 0.5) is 5.82 Å². The number of ether oxygens (including phenoxy) is 1. The van der Waals surface area contributed by atoms with Gasteiger partial charge in [-0.2, -0.15) is 0 Å². The van der Waals surface area contributed by atoms with Gasteiger partial charge in [-0.3, -0.25) is 0 Å². The van der Waals surface area contributed by atoms with Crippen molar-refractivity contribution < 1.29 is 9.53 Å². The Kier molecular flexibility index (Phi) is 7.11. The van der Waals surface area contributed by atoms with Gasteiger partial charge in [0.15, 0.2) is 0 Å². The SMILES string of the molecule is C=CC(=N/C=C\N)N(Cc1ccc(C(=O)OC)cc1)c1cc(Br)ccn1. The van der Waals surface area contributed by atoms with Crippen LogP contribution in [-0.4, -0.2) is 23.9 Å². The maximum atomic E-state index is 11.6. The van der Waals surface area contributed by atoms with Crippen molar-refractivity contribution in [3.63, 3.8) is 0 Å². The van der Waals surface area contributed by atoms with E-state index in [1.807, 2.05) is 29.2 Å². The van der Waals surface area contributed by atoms with Gasteiger partial charge in [-0.25, -0.2) is 14.8 Å². The van der Waals surface area contributed by atoms with Crippen molar-refractivity contribution in [3.8, 4) is 0 Å². The molecule has 0 amide bonds. The van der Waals surface area contributed by atoms with E-state index in [1.165, 1.54) is 19.5 Å². The molecule has 0 atom stereocenters. The first-order valence-electron chi connectivity index (χ1n) is 7.72. The summed E-state index contributed by atoms with van der Waals surface area (Å²) in [6.45, 7) is 4.31. The number of carbonyl (C=O) groups excluding carboxylic acids is 1. The first kappa shape index (κ1) is 19.4.